The van der Waals surface area contributed by atoms with Gasteiger partial charge in [-0.15, -0.1) is 0 Å². The molecule has 0 radical (unpaired) electrons. The number of rotatable bonds is 5. The first-order valence-electron chi connectivity index (χ1n) is 6.70. The lowest BCUT2D eigenvalue weighted by atomic mass is 10.1. The van der Waals surface area contributed by atoms with Gasteiger partial charge in [0.2, 0.25) is 0 Å². The minimum absolute atomic E-state index is 0.168. The van der Waals surface area contributed by atoms with Gasteiger partial charge < -0.3 is 5.32 Å². The molecule has 21 heavy (non-hydrogen) atoms. The van der Waals surface area contributed by atoms with Gasteiger partial charge in [-0.2, -0.15) is 0 Å². The van der Waals surface area contributed by atoms with Crippen LogP contribution in [0, 0.1) is 17.0 Å². The summed E-state index contributed by atoms with van der Waals surface area (Å²) in [6, 6.07) is 13.5. The van der Waals surface area contributed by atoms with Gasteiger partial charge in [0.15, 0.2) is 0 Å². The molecule has 0 amide bonds. The van der Waals surface area contributed by atoms with Crippen LogP contribution in [0.4, 0.5) is 5.69 Å². The zero-order valence-electron chi connectivity index (χ0n) is 12.0. The number of benzene rings is 2. The molecule has 0 aliphatic heterocycles. The highest BCUT2D eigenvalue weighted by Crippen LogP contribution is 2.22. The fraction of sp³-hybridized carbons (Fsp3) is 0.250. The average Bonchev–Trinajstić information content (AvgIpc) is 2.45. The summed E-state index contributed by atoms with van der Waals surface area (Å²) in [5.74, 6) is 0. The maximum Gasteiger partial charge on any atom is 0.272 e. The summed E-state index contributed by atoms with van der Waals surface area (Å²) in [6.07, 6.45) is 0. The van der Waals surface area contributed by atoms with Crippen LogP contribution >= 0.6 is 15.9 Å². The van der Waals surface area contributed by atoms with Gasteiger partial charge in [-0.05, 0) is 37.1 Å². The maximum atomic E-state index is 11.0. The molecule has 0 aromatic heterocycles. The maximum absolute atomic E-state index is 11.0. The largest absolute Gasteiger partial charge is 0.306 e. The Morgan fingerprint density at radius 3 is 2.67 bits per heavy atom. The third-order valence-electron chi connectivity index (χ3n) is 3.56. The Balaban J connectivity index is 2.10. The Morgan fingerprint density at radius 2 is 2.00 bits per heavy atom. The minimum Gasteiger partial charge on any atom is -0.306 e. The molecule has 0 saturated carbocycles. The molecule has 0 aliphatic rings. The predicted molar refractivity (Wildman–Crippen MR) is 87.2 cm³/mol. The first-order chi connectivity index (χ1) is 9.99. The highest BCUT2D eigenvalue weighted by Gasteiger charge is 2.13. The van der Waals surface area contributed by atoms with Gasteiger partial charge in [-0.3, -0.25) is 10.1 Å². The fourth-order valence-corrected chi connectivity index (χ4v) is 2.63. The lowest BCUT2D eigenvalue weighted by molar-refractivity contribution is -0.385. The van der Waals surface area contributed by atoms with Crippen molar-refractivity contribution in [2.45, 2.75) is 26.4 Å². The van der Waals surface area contributed by atoms with Crippen LogP contribution in [0.2, 0.25) is 0 Å². The second-order valence-electron chi connectivity index (χ2n) is 4.98. The first-order valence-corrected chi connectivity index (χ1v) is 7.50. The highest BCUT2D eigenvalue weighted by atomic mass is 79.9. The number of halogens is 1. The molecule has 1 N–H and O–H groups in total. The van der Waals surface area contributed by atoms with Gasteiger partial charge >= 0.3 is 0 Å². The van der Waals surface area contributed by atoms with Crippen LogP contribution in [0.5, 0.6) is 0 Å². The van der Waals surface area contributed by atoms with Crippen molar-refractivity contribution >= 4 is 21.6 Å². The first kappa shape index (κ1) is 15.7. The molecule has 0 saturated heterocycles. The second kappa shape index (κ2) is 6.83. The van der Waals surface area contributed by atoms with Crippen molar-refractivity contribution in [1.29, 1.82) is 0 Å². The van der Waals surface area contributed by atoms with E-state index in [9.17, 15) is 10.1 Å². The molecule has 0 fully saturated rings. The minimum atomic E-state index is -0.337. The van der Waals surface area contributed by atoms with Crippen LogP contribution in [0.25, 0.3) is 0 Å². The zero-order valence-corrected chi connectivity index (χ0v) is 13.6. The van der Waals surface area contributed by atoms with E-state index in [0.717, 1.165) is 15.6 Å². The van der Waals surface area contributed by atoms with Crippen molar-refractivity contribution in [2.75, 3.05) is 0 Å². The van der Waals surface area contributed by atoms with E-state index < -0.39 is 0 Å². The number of hydrogen-bond donors (Lipinski definition) is 1. The average molecular weight is 349 g/mol. The number of hydrogen-bond acceptors (Lipinski definition) is 3. The van der Waals surface area contributed by atoms with Gasteiger partial charge in [-0.25, -0.2) is 0 Å². The van der Waals surface area contributed by atoms with Gasteiger partial charge in [0.05, 0.1) is 4.92 Å². The molecule has 0 unspecified atom stereocenters. The van der Waals surface area contributed by atoms with Crippen molar-refractivity contribution < 1.29 is 4.92 Å². The lowest BCUT2D eigenvalue weighted by Crippen LogP contribution is -2.18. The molecule has 5 heteroatoms. The van der Waals surface area contributed by atoms with Gasteiger partial charge in [0.25, 0.3) is 5.69 Å². The van der Waals surface area contributed by atoms with E-state index in [2.05, 4.69) is 40.3 Å². The number of nitro groups is 1. The third kappa shape index (κ3) is 3.89. The van der Waals surface area contributed by atoms with Crippen LogP contribution in [-0.4, -0.2) is 4.92 Å². The zero-order chi connectivity index (χ0) is 15.4. The van der Waals surface area contributed by atoms with E-state index in [1.165, 1.54) is 11.6 Å². The summed E-state index contributed by atoms with van der Waals surface area (Å²) in [5, 5.41) is 14.4. The second-order valence-corrected chi connectivity index (χ2v) is 5.89. The van der Waals surface area contributed by atoms with Crippen molar-refractivity contribution in [3.05, 3.63) is 73.7 Å². The summed E-state index contributed by atoms with van der Waals surface area (Å²) in [4.78, 5) is 10.6. The molecule has 110 valence electrons. The Morgan fingerprint density at radius 1 is 1.29 bits per heavy atom. The smallest absolute Gasteiger partial charge is 0.272 e. The molecular weight excluding hydrogens is 332 g/mol. The Bertz CT molecular complexity index is 658. The SMILES string of the molecule is Cc1c(CN[C@H](C)c2cccc(Br)c2)cccc1[N+](=O)[O-]. The monoisotopic (exact) mass is 348 g/mol. The van der Waals surface area contributed by atoms with E-state index >= 15 is 0 Å². The topological polar surface area (TPSA) is 55.2 Å². The van der Waals surface area contributed by atoms with Crippen molar-refractivity contribution in [3.8, 4) is 0 Å². The lowest BCUT2D eigenvalue weighted by Gasteiger charge is -2.15. The molecule has 0 aliphatic carbocycles. The number of nitrogens with one attached hydrogen (secondary N) is 1. The normalized spacial score (nSPS) is 12.1. The van der Waals surface area contributed by atoms with Crippen LogP contribution in [0.3, 0.4) is 0 Å². The van der Waals surface area contributed by atoms with Crippen molar-refractivity contribution in [1.82, 2.24) is 5.32 Å². The predicted octanol–water partition coefficient (Wildman–Crippen LogP) is 4.52. The summed E-state index contributed by atoms with van der Waals surface area (Å²) in [7, 11) is 0. The fourth-order valence-electron chi connectivity index (χ4n) is 2.22. The number of nitrogens with zero attached hydrogens (tertiary/aromatic N) is 1. The molecule has 2 aromatic rings. The Labute approximate surface area is 132 Å². The summed E-state index contributed by atoms with van der Waals surface area (Å²) in [6.45, 7) is 4.47. The Kier molecular flexibility index (Phi) is 5.09. The molecular formula is C16H17BrN2O2. The molecule has 0 bridgehead atoms. The van der Waals surface area contributed by atoms with E-state index in [0.29, 0.717) is 6.54 Å². The van der Waals surface area contributed by atoms with Crippen LogP contribution in [0.15, 0.2) is 46.9 Å². The van der Waals surface area contributed by atoms with Gasteiger partial charge in [0, 0.05) is 28.7 Å². The Hall–Kier alpha value is -1.72. The molecule has 2 aromatic carbocycles. The number of nitro benzene ring substituents is 1. The van der Waals surface area contributed by atoms with E-state index in [1.54, 1.807) is 13.0 Å². The highest BCUT2D eigenvalue weighted by molar-refractivity contribution is 9.10. The van der Waals surface area contributed by atoms with E-state index in [-0.39, 0.29) is 16.7 Å². The molecule has 1 atom stereocenters. The molecule has 0 heterocycles. The summed E-state index contributed by atoms with van der Waals surface area (Å²) >= 11 is 3.46. The standard InChI is InChI=1S/C16H17BrN2O2/c1-11-14(6-4-8-16(11)19(20)21)10-18-12(2)13-5-3-7-15(17)9-13/h3-9,12,18H,10H2,1-2H3/t12-/m1/s1. The van der Waals surface area contributed by atoms with Crippen LogP contribution in [0.1, 0.15) is 29.7 Å². The van der Waals surface area contributed by atoms with E-state index in [1.807, 2.05) is 18.2 Å². The summed E-state index contributed by atoms with van der Waals surface area (Å²) in [5.41, 5.74) is 3.01. The van der Waals surface area contributed by atoms with E-state index in [4.69, 9.17) is 0 Å². The molecule has 0 spiro atoms. The molecule has 4 nitrogen and oxygen atoms in total. The van der Waals surface area contributed by atoms with Crippen LogP contribution in [-0.2, 0) is 6.54 Å². The van der Waals surface area contributed by atoms with Crippen molar-refractivity contribution in [3.63, 3.8) is 0 Å². The summed E-state index contributed by atoms with van der Waals surface area (Å²) < 4.78 is 1.04. The molecule has 2 rings (SSSR count). The van der Waals surface area contributed by atoms with Crippen molar-refractivity contribution in [2.24, 2.45) is 0 Å². The quantitative estimate of drug-likeness (QED) is 0.638. The van der Waals surface area contributed by atoms with Gasteiger partial charge in [0.1, 0.15) is 0 Å². The van der Waals surface area contributed by atoms with Gasteiger partial charge in [-0.1, -0.05) is 40.2 Å². The van der Waals surface area contributed by atoms with Crippen LogP contribution < -0.4 is 5.32 Å². The third-order valence-corrected chi connectivity index (χ3v) is 4.05.